The van der Waals surface area contributed by atoms with Crippen LogP contribution >= 0.6 is 0 Å². The number of furan rings is 1. The van der Waals surface area contributed by atoms with Gasteiger partial charge in [0.25, 0.3) is 0 Å². The van der Waals surface area contributed by atoms with Gasteiger partial charge in [0.05, 0.1) is 12.6 Å². The van der Waals surface area contributed by atoms with Crippen LogP contribution in [0.3, 0.4) is 0 Å². The second-order valence-corrected chi connectivity index (χ2v) is 5.99. The summed E-state index contributed by atoms with van der Waals surface area (Å²) in [5.74, 6) is 1.54. The van der Waals surface area contributed by atoms with E-state index in [0.29, 0.717) is 12.0 Å². The summed E-state index contributed by atoms with van der Waals surface area (Å²) in [5.41, 5.74) is 2.19. The second kappa shape index (κ2) is 7.10. The summed E-state index contributed by atoms with van der Waals surface area (Å²) >= 11 is 0. The number of rotatable bonds is 7. The number of nitrogens with one attached hydrogen (secondary N) is 1. The number of aryl methyl sites for hydroxylation is 1. The quantitative estimate of drug-likeness (QED) is 0.817. The van der Waals surface area contributed by atoms with E-state index in [1.807, 2.05) is 19.1 Å². The fourth-order valence-electron chi connectivity index (χ4n) is 2.68. The highest BCUT2D eigenvalue weighted by Crippen LogP contribution is 2.29. The van der Waals surface area contributed by atoms with Crippen LogP contribution in [0, 0.1) is 12.8 Å². The van der Waals surface area contributed by atoms with E-state index in [4.69, 9.17) is 9.15 Å². The molecule has 1 aromatic heterocycles. The van der Waals surface area contributed by atoms with Crippen molar-refractivity contribution >= 4 is 11.0 Å². The summed E-state index contributed by atoms with van der Waals surface area (Å²) in [6.45, 7) is 12.2. The molecule has 0 saturated heterocycles. The van der Waals surface area contributed by atoms with Crippen molar-refractivity contribution in [2.45, 2.75) is 46.7 Å². The summed E-state index contributed by atoms with van der Waals surface area (Å²) in [5, 5.41) is 4.85. The highest BCUT2D eigenvalue weighted by atomic mass is 16.5. The summed E-state index contributed by atoms with van der Waals surface area (Å²) in [7, 11) is 0. The van der Waals surface area contributed by atoms with E-state index < -0.39 is 0 Å². The molecule has 0 spiro atoms. The third kappa shape index (κ3) is 3.66. The van der Waals surface area contributed by atoms with Crippen LogP contribution in [0.5, 0.6) is 0 Å². The lowest BCUT2D eigenvalue weighted by atomic mass is 10.0. The number of hydrogen-bond acceptors (Lipinski definition) is 3. The van der Waals surface area contributed by atoms with Gasteiger partial charge in [-0.05, 0) is 38.3 Å². The van der Waals surface area contributed by atoms with Crippen molar-refractivity contribution < 1.29 is 9.15 Å². The van der Waals surface area contributed by atoms with Crippen LogP contribution < -0.4 is 5.32 Å². The van der Waals surface area contributed by atoms with Gasteiger partial charge in [0.2, 0.25) is 0 Å². The van der Waals surface area contributed by atoms with Crippen LogP contribution in [-0.2, 0) is 4.74 Å². The van der Waals surface area contributed by atoms with Crippen LogP contribution in [0.15, 0.2) is 28.7 Å². The van der Waals surface area contributed by atoms with Crippen LogP contribution in [-0.4, -0.2) is 19.3 Å². The van der Waals surface area contributed by atoms with Crippen molar-refractivity contribution in [2.75, 3.05) is 13.2 Å². The van der Waals surface area contributed by atoms with Gasteiger partial charge in [0, 0.05) is 18.0 Å². The van der Waals surface area contributed by atoms with Gasteiger partial charge in [-0.2, -0.15) is 0 Å². The van der Waals surface area contributed by atoms with Crippen molar-refractivity contribution in [2.24, 2.45) is 5.92 Å². The number of hydrogen-bond donors (Lipinski definition) is 1. The molecule has 2 rings (SSSR count). The first-order chi connectivity index (χ1) is 10.0. The molecule has 1 aromatic carbocycles. The molecule has 3 heteroatoms. The molecule has 0 amide bonds. The molecule has 2 atom stereocenters. The maximum absolute atomic E-state index is 6.04. The molecule has 3 nitrogen and oxygen atoms in total. The first-order valence-electron chi connectivity index (χ1n) is 7.86. The fraction of sp³-hybridized carbons (Fsp3) is 0.556. The summed E-state index contributed by atoms with van der Waals surface area (Å²) < 4.78 is 11.6. The largest absolute Gasteiger partial charge is 0.459 e. The Bertz CT molecular complexity index is 574. The molecular formula is C18H27NO2. The van der Waals surface area contributed by atoms with E-state index in [1.54, 1.807) is 0 Å². The molecule has 2 unspecified atom stereocenters. The van der Waals surface area contributed by atoms with Gasteiger partial charge in [0.15, 0.2) is 0 Å². The van der Waals surface area contributed by atoms with E-state index in [-0.39, 0.29) is 6.04 Å². The fourth-order valence-corrected chi connectivity index (χ4v) is 2.68. The van der Waals surface area contributed by atoms with Gasteiger partial charge in [-0.3, -0.25) is 0 Å². The first-order valence-corrected chi connectivity index (χ1v) is 7.86. The average Bonchev–Trinajstić information content (AvgIpc) is 2.81. The maximum atomic E-state index is 6.04. The van der Waals surface area contributed by atoms with Gasteiger partial charge in [0.1, 0.15) is 11.3 Å². The van der Waals surface area contributed by atoms with Gasteiger partial charge in [-0.15, -0.1) is 0 Å². The predicted molar refractivity (Wildman–Crippen MR) is 87.6 cm³/mol. The van der Waals surface area contributed by atoms with Crippen molar-refractivity contribution in [3.05, 3.63) is 35.6 Å². The number of benzene rings is 1. The van der Waals surface area contributed by atoms with Crippen molar-refractivity contribution in [1.29, 1.82) is 0 Å². The number of ether oxygens (including phenoxy) is 1. The van der Waals surface area contributed by atoms with E-state index in [1.165, 1.54) is 10.9 Å². The van der Waals surface area contributed by atoms with Gasteiger partial charge in [-0.25, -0.2) is 0 Å². The normalized spacial score (nSPS) is 14.8. The molecule has 0 aliphatic heterocycles. The first kappa shape index (κ1) is 16.1. The molecule has 116 valence electrons. The van der Waals surface area contributed by atoms with Crippen LogP contribution in [0.1, 0.15) is 45.1 Å². The molecule has 21 heavy (non-hydrogen) atoms. The Morgan fingerprint density at radius 1 is 1.19 bits per heavy atom. The highest BCUT2D eigenvalue weighted by Gasteiger charge is 2.21. The zero-order valence-electron chi connectivity index (χ0n) is 13.8. The molecule has 0 radical (unpaired) electrons. The Kier molecular flexibility index (Phi) is 5.43. The molecule has 2 aromatic rings. The molecule has 0 fully saturated rings. The van der Waals surface area contributed by atoms with Crippen molar-refractivity contribution in [3.63, 3.8) is 0 Å². The van der Waals surface area contributed by atoms with Crippen LogP contribution in [0.2, 0.25) is 0 Å². The zero-order valence-corrected chi connectivity index (χ0v) is 13.8. The highest BCUT2D eigenvalue weighted by molar-refractivity contribution is 5.82. The van der Waals surface area contributed by atoms with Crippen molar-refractivity contribution in [1.82, 2.24) is 5.32 Å². The second-order valence-electron chi connectivity index (χ2n) is 5.99. The molecule has 0 saturated carbocycles. The Labute approximate surface area is 127 Å². The lowest BCUT2D eigenvalue weighted by molar-refractivity contribution is 0.103. The third-order valence-corrected chi connectivity index (χ3v) is 4.04. The molecule has 1 N–H and O–H groups in total. The average molecular weight is 289 g/mol. The monoisotopic (exact) mass is 289 g/mol. The van der Waals surface area contributed by atoms with E-state index in [2.05, 4.69) is 45.1 Å². The minimum Gasteiger partial charge on any atom is -0.459 e. The van der Waals surface area contributed by atoms with E-state index >= 15 is 0 Å². The van der Waals surface area contributed by atoms with Gasteiger partial charge >= 0.3 is 0 Å². The van der Waals surface area contributed by atoms with Crippen LogP contribution in [0.25, 0.3) is 11.0 Å². The van der Waals surface area contributed by atoms with E-state index in [9.17, 15) is 0 Å². The van der Waals surface area contributed by atoms with E-state index in [0.717, 1.165) is 24.6 Å². The van der Waals surface area contributed by atoms with Crippen LogP contribution in [0.4, 0.5) is 0 Å². The Hall–Kier alpha value is -1.32. The molecular weight excluding hydrogens is 262 g/mol. The smallest absolute Gasteiger partial charge is 0.134 e. The summed E-state index contributed by atoms with van der Waals surface area (Å²) in [4.78, 5) is 0. The lowest BCUT2D eigenvalue weighted by Crippen LogP contribution is -2.39. The van der Waals surface area contributed by atoms with Crippen molar-refractivity contribution in [3.8, 4) is 0 Å². The Morgan fingerprint density at radius 2 is 1.90 bits per heavy atom. The van der Waals surface area contributed by atoms with Gasteiger partial charge < -0.3 is 14.5 Å². The third-order valence-electron chi connectivity index (χ3n) is 4.04. The zero-order chi connectivity index (χ0) is 15.4. The number of para-hydroxylation sites is 1. The number of fused-ring (bicyclic) bond motifs is 1. The summed E-state index contributed by atoms with van der Waals surface area (Å²) in [6, 6.07) is 8.71. The molecule has 1 heterocycles. The topological polar surface area (TPSA) is 34.4 Å². The lowest BCUT2D eigenvalue weighted by Gasteiger charge is -2.25. The molecule has 0 aliphatic rings. The Morgan fingerprint density at radius 3 is 2.52 bits per heavy atom. The minimum absolute atomic E-state index is 0.172. The predicted octanol–water partition coefficient (Wildman–Crippen LogP) is 4.45. The molecule has 0 bridgehead atoms. The Balaban J connectivity index is 2.17. The maximum Gasteiger partial charge on any atom is 0.134 e. The molecule has 0 aliphatic carbocycles. The SMILES string of the molecule is CCOCC(NC(C)c1oc2ccccc2c1C)C(C)C. The summed E-state index contributed by atoms with van der Waals surface area (Å²) in [6.07, 6.45) is 0. The minimum atomic E-state index is 0.172. The van der Waals surface area contributed by atoms with Gasteiger partial charge in [-0.1, -0.05) is 32.0 Å². The standard InChI is InChI=1S/C18H27NO2/c1-6-20-11-16(12(2)3)19-14(5)18-13(4)15-9-7-8-10-17(15)21-18/h7-10,12,14,16,19H,6,11H2,1-5H3.